The van der Waals surface area contributed by atoms with Gasteiger partial charge in [-0.05, 0) is 32.9 Å². The molecule has 2 rings (SSSR count). The zero-order chi connectivity index (χ0) is 15.8. The van der Waals surface area contributed by atoms with Crippen LogP contribution in [0, 0.1) is 0 Å². The second-order valence-corrected chi connectivity index (χ2v) is 6.04. The molecule has 1 aromatic rings. The summed E-state index contributed by atoms with van der Waals surface area (Å²) in [7, 11) is 0. The topological polar surface area (TPSA) is 92.5 Å². The highest BCUT2D eigenvalue weighted by atomic mass is 16.2. The number of hydrogen-bond acceptors (Lipinski definition) is 5. The Bertz CT molecular complexity index is 617. The van der Waals surface area contributed by atoms with Crippen LogP contribution in [0.4, 0.5) is 5.69 Å². The monoisotopic (exact) mass is 289 g/mol. The fourth-order valence-corrected chi connectivity index (χ4v) is 2.19. The number of carbonyl (C=O) groups excluding carboxylic acids is 3. The number of fused-ring (bicyclic) bond motifs is 1. The van der Waals surface area contributed by atoms with Gasteiger partial charge in [0.1, 0.15) is 0 Å². The van der Waals surface area contributed by atoms with Gasteiger partial charge < -0.3 is 11.1 Å². The lowest BCUT2D eigenvalue weighted by molar-refractivity contribution is -0.126. The molecule has 1 aliphatic heterocycles. The predicted molar refractivity (Wildman–Crippen MR) is 78.7 cm³/mol. The fraction of sp³-hybridized carbons (Fsp3) is 0.400. The van der Waals surface area contributed by atoms with Crippen molar-refractivity contribution >= 4 is 23.4 Å². The summed E-state index contributed by atoms with van der Waals surface area (Å²) in [5.74, 6) is -1.74. The van der Waals surface area contributed by atoms with Crippen LogP contribution in [0.3, 0.4) is 0 Å². The minimum Gasteiger partial charge on any atom is -0.398 e. The van der Waals surface area contributed by atoms with E-state index in [1.54, 1.807) is 12.1 Å². The van der Waals surface area contributed by atoms with Gasteiger partial charge in [0.05, 0.1) is 11.1 Å². The largest absolute Gasteiger partial charge is 0.398 e. The van der Waals surface area contributed by atoms with Crippen molar-refractivity contribution in [3.63, 3.8) is 0 Å². The van der Waals surface area contributed by atoms with E-state index in [4.69, 9.17) is 5.73 Å². The van der Waals surface area contributed by atoms with Crippen molar-refractivity contribution < 1.29 is 14.4 Å². The number of nitrogens with one attached hydrogen (secondary N) is 1. The van der Waals surface area contributed by atoms with Crippen molar-refractivity contribution in [1.29, 1.82) is 0 Å². The van der Waals surface area contributed by atoms with Gasteiger partial charge in [0.25, 0.3) is 11.8 Å². The number of nitrogen functional groups attached to an aromatic ring is 1. The third-order valence-electron chi connectivity index (χ3n) is 3.19. The highest BCUT2D eigenvalue weighted by Gasteiger charge is 2.40. The number of anilines is 1. The van der Waals surface area contributed by atoms with Crippen LogP contribution in [0.1, 0.15) is 47.9 Å². The lowest BCUT2D eigenvalue weighted by atomic mass is 10.1. The van der Waals surface area contributed by atoms with Gasteiger partial charge in [0, 0.05) is 24.2 Å². The maximum absolute atomic E-state index is 12.2. The smallest absolute Gasteiger partial charge is 0.270 e. The van der Waals surface area contributed by atoms with Gasteiger partial charge in [0.15, 0.2) is 0 Å². The van der Waals surface area contributed by atoms with Crippen molar-refractivity contribution in [2.75, 3.05) is 12.3 Å². The summed E-state index contributed by atoms with van der Waals surface area (Å²) in [6.45, 7) is 6.31. The number of nitrogens with zero attached hydrogens (tertiary/aromatic N) is 1. The Morgan fingerprint density at radius 1 is 1.24 bits per heavy atom. The van der Waals surface area contributed by atoms with E-state index in [0.29, 0.717) is 11.4 Å². The maximum atomic E-state index is 12.2. The Morgan fingerprint density at radius 3 is 2.48 bits per heavy atom. The van der Waals surface area contributed by atoms with E-state index in [2.05, 4.69) is 5.32 Å². The first kappa shape index (κ1) is 15.2. The molecular formula is C15H19N3O3. The predicted octanol–water partition coefficient (Wildman–Crippen LogP) is 1.17. The first-order valence-corrected chi connectivity index (χ1v) is 6.77. The third kappa shape index (κ3) is 2.95. The van der Waals surface area contributed by atoms with E-state index in [1.807, 2.05) is 20.8 Å². The first-order valence-electron chi connectivity index (χ1n) is 6.77. The van der Waals surface area contributed by atoms with E-state index in [9.17, 15) is 14.4 Å². The Hall–Kier alpha value is -2.21. The quantitative estimate of drug-likeness (QED) is 0.643. The molecule has 0 spiro atoms. The zero-order valence-electron chi connectivity index (χ0n) is 12.4. The summed E-state index contributed by atoms with van der Waals surface area (Å²) in [4.78, 5) is 37.2. The molecule has 3 N–H and O–H groups in total. The van der Waals surface area contributed by atoms with E-state index in [1.165, 1.54) is 6.07 Å². The van der Waals surface area contributed by atoms with Gasteiger partial charge >= 0.3 is 0 Å². The lowest BCUT2D eigenvalue weighted by Gasteiger charge is -2.21. The molecule has 0 bridgehead atoms. The van der Waals surface area contributed by atoms with Gasteiger partial charge in [-0.2, -0.15) is 0 Å². The number of hydrogen-bond donors (Lipinski definition) is 2. The molecule has 1 heterocycles. The van der Waals surface area contributed by atoms with Gasteiger partial charge in [-0.25, -0.2) is 4.90 Å². The molecule has 0 atom stereocenters. The molecular weight excluding hydrogens is 270 g/mol. The second kappa shape index (κ2) is 5.29. The van der Waals surface area contributed by atoms with Crippen LogP contribution in [-0.2, 0) is 4.79 Å². The van der Waals surface area contributed by atoms with Gasteiger partial charge in [-0.15, -0.1) is 0 Å². The lowest BCUT2D eigenvalue weighted by Crippen LogP contribution is -2.41. The van der Waals surface area contributed by atoms with E-state index in [0.717, 1.165) is 0 Å². The Balaban J connectivity index is 2.13. The second-order valence-electron chi connectivity index (χ2n) is 6.04. The SMILES string of the molecule is CC(C)(C)NCCC(=O)N1C(=O)c2cccc(N)c2C1=O. The third-order valence-corrected chi connectivity index (χ3v) is 3.19. The summed E-state index contributed by atoms with van der Waals surface area (Å²) in [5, 5.41) is 3.14. The molecule has 3 amide bonds. The van der Waals surface area contributed by atoms with Crippen molar-refractivity contribution in [1.82, 2.24) is 10.2 Å². The van der Waals surface area contributed by atoms with Crippen molar-refractivity contribution in [3.8, 4) is 0 Å². The molecule has 0 saturated heterocycles. The maximum Gasteiger partial charge on any atom is 0.270 e. The molecule has 112 valence electrons. The van der Waals surface area contributed by atoms with Crippen LogP contribution in [0.15, 0.2) is 18.2 Å². The van der Waals surface area contributed by atoms with Crippen LogP contribution in [-0.4, -0.2) is 34.7 Å². The molecule has 0 fully saturated rings. The molecule has 0 aliphatic carbocycles. The zero-order valence-corrected chi connectivity index (χ0v) is 12.4. The standard InChI is InChI=1S/C15H19N3O3/c1-15(2,3)17-8-7-11(19)18-13(20)9-5-4-6-10(16)12(9)14(18)21/h4-6,17H,7-8,16H2,1-3H3. The Morgan fingerprint density at radius 2 is 1.90 bits per heavy atom. The summed E-state index contributed by atoms with van der Waals surface area (Å²) in [6.07, 6.45) is 0.0721. The molecule has 0 aromatic heterocycles. The number of benzene rings is 1. The average molecular weight is 289 g/mol. The van der Waals surface area contributed by atoms with Crippen LogP contribution in [0.2, 0.25) is 0 Å². The number of carbonyl (C=O) groups is 3. The molecule has 1 aromatic carbocycles. The molecule has 21 heavy (non-hydrogen) atoms. The Kier molecular flexibility index (Phi) is 3.82. The van der Waals surface area contributed by atoms with Crippen molar-refractivity contribution in [3.05, 3.63) is 29.3 Å². The molecule has 6 heteroatoms. The number of imide groups is 3. The van der Waals surface area contributed by atoms with Crippen LogP contribution < -0.4 is 11.1 Å². The number of nitrogens with two attached hydrogens (primary N) is 1. The van der Waals surface area contributed by atoms with Gasteiger partial charge in [-0.3, -0.25) is 14.4 Å². The number of amides is 3. The van der Waals surface area contributed by atoms with E-state index >= 15 is 0 Å². The molecule has 0 saturated carbocycles. The summed E-state index contributed by atoms with van der Waals surface area (Å²) < 4.78 is 0. The molecule has 6 nitrogen and oxygen atoms in total. The summed E-state index contributed by atoms with van der Waals surface area (Å²) >= 11 is 0. The van der Waals surface area contributed by atoms with Crippen molar-refractivity contribution in [2.24, 2.45) is 0 Å². The highest BCUT2D eigenvalue weighted by Crippen LogP contribution is 2.27. The van der Waals surface area contributed by atoms with E-state index in [-0.39, 0.29) is 28.8 Å². The van der Waals surface area contributed by atoms with Crippen molar-refractivity contribution in [2.45, 2.75) is 32.7 Å². The average Bonchev–Trinajstić information content (AvgIpc) is 2.61. The van der Waals surface area contributed by atoms with Crippen LogP contribution in [0.5, 0.6) is 0 Å². The molecule has 0 unspecified atom stereocenters. The summed E-state index contributed by atoms with van der Waals surface area (Å²) in [6, 6.07) is 4.64. The van der Waals surface area contributed by atoms with Crippen LogP contribution >= 0.6 is 0 Å². The Labute approximate surface area is 123 Å². The van der Waals surface area contributed by atoms with Gasteiger partial charge in [-0.1, -0.05) is 6.07 Å². The summed E-state index contributed by atoms with van der Waals surface area (Å²) in [5.41, 5.74) is 6.12. The first-order chi connectivity index (χ1) is 9.72. The normalized spacial score (nSPS) is 14.5. The van der Waals surface area contributed by atoms with Crippen LogP contribution in [0.25, 0.3) is 0 Å². The fourth-order valence-electron chi connectivity index (χ4n) is 2.19. The minimum absolute atomic E-state index is 0.0721. The molecule has 1 aliphatic rings. The highest BCUT2D eigenvalue weighted by molar-refractivity contribution is 6.30. The van der Waals surface area contributed by atoms with E-state index < -0.39 is 17.7 Å². The van der Waals surface area contributed by atoms with Gasteiger partial charge in [0.2, 0.25) is 5.91 Å². The molecule has 0 radical (unpaired) electrons. The minimum atomic E-state index is -0.631. The number of rotatable bonds is 3.